The van der Waals surface area contributed by atoms with E-state index in [-0.39, 0.29) is 0 Å². The van der Waals surface area contributed by atoms with Gasteiger partial charge in [0.2, 0.25) is 0 Å². The normalized spacial score (nSPS) is 10.4. The van der Waals surface area contributed by atoms with Gasteiger partial charge in [0.1, 0.15) is 5.75 Å². The molecule has 1 N–H and O–H groups in total. The van der Waals surface area contributed by atoms with Crippen LogP contribution < -0.4 is 10.1 Å². The van der Waals surface area contributed by atoms with Gasteiger partial charge in [0, 0.05) is 6.54 Å². The fourth-order valence-electron chi connectivity index (χ4n) is 1.62. The van der Waals surface area contributed by atoms with Crippen LogP contribution in [0.25, 0.3) is 0 Å². The number of halogens is 1. The van der Waals surface area contributed by atoms with Gasteiger partial charge in [-0.15, -0.1) is 0 Å². The van der Waals surface area contributed by atoms with Crippen molar-refractivity contribution in [3.8, 4) is 5.75 Å². The van der Waals surface area contributed by atoms with Gasteiger partial charge in [-0.25, -0.2) is 0 Å². The standard InChI is InChI=1S/C13H18ClNO2/c1-9(2)11-5-4-10(12(8-11)17-3)6-7-15-13(14)16/h4-5,8-9H,6-7H2,1-3H3,(H,15,16). The number of benzene rings is 1. The van der Waals surface area contributed by atoms with Gasteiger partial charge in [-0.3, -0.25) is 4.79 Å². The van der Waals surface area contributed by atoms with E-state index in [1.54, 1.807) is 7.11 Å². The molecule has 0 aliphatic carbocycles. The first-order valence-corrected chi connectivity index (χ1v) is 6.02. The third-order valence-electron chi connectivity index (χ3n) is 2.64. The van der Waals surface area contributed by atoms with Crippen molar-refractivity contribution >= 4 is 17.0 Å². The maximum absolute atomic E-state index is 10.6. The quantitative estimate of drug-likeness (QED) is 0.648. The Bertz CT molecular complexity index is 391. The van der Waals surface area contributed by atoms with Gasteiger partial charge in [-0.05, 0) is 41.1 Å². The molecular weight excluding hydrogens is 238 g/mol. The molecule has 0 atom stereocenters. The van der Waals surface area contributed by atoms with Crippen molar-refractivity contribution < 1.29 is 9.53 Å². The van der Waals surface area contributed by atoms with E-state index >= 15 is 0 Å². The van der Waals surface area contributed by atoms with Crippen LogP contribution >= 0.6 is 11.6 Å². The lowest BCUT2D eigenvalue weighted by Crippen LogP contribution is -2.19. The van der Waals surface area contributed by atoms with E-state index in [1.807, 2.05) is 12.1 Å². The number of amides is 1. The van der Waals surface area contributed by atoms with Gasteiger partial charge in [-0.2, -0.15) is 0 Å². The second-order valence-electron chi connectivity index (χ2n) is 4.18. The third kappa shape index (κ3) is 4.27. The number of rotatable bonds is 5. The molecule has 3 nitrogen and oxygen atoms in total. The number of carbonyl (C=O) groups is 1. The fourth-order valence-corrected chi connectivity index (χ4v) is 1.72. The first-order valence-electron chi connectivity index (χ1n) is 5.64. The Morgan fingerprint density at radius 1 is 1.47 bits per heavy atom. The molecule has 0 heterocycles. The van der Waals surface area contributed by atoms with Crippen molar-refractivity contribution in [3.63, 3.8) is 0 Å². The Balaban J connectivity index is 2.74. The van der Waals surface area contributed by atoms with Crippen LogP contribution in [0.15, 0.2) is 18.2 Å². The molecule has 17 heavy (non-hydrogen) atoms. The summed E-state index contributed by atoms with van der Waals surface area (Å²) in [5.74, 6) is 1.33. The molecule has 1 amide bonds. The lowest BCUT2D eigenvalue weighted by molar-refractivity contribution is 0.260. The molecular formula is C13H18ClNO2. The number of ether oxygens (including phenoxy) is 1. The third-order valence-corrected chi connectivity index (χ3v) is 2.77. The molecule has 0 radical (unpaired) electrons. The first-order chi connectivity index (χ1) is 8.04. The van der Waals surface area contributed by atoms with Crippen LogP contribution in [0.3, 0.4) is 0 Å². The Hall–Kier alpha value is -1.22. The van der Waals surface area contributed by atoms with Gasteiger partial charge < -0.3 is 10.1 Å². The minimum absolute atomic E-state index is 0.473. The predicted octanol–water partition coefficient (Wildman–Crippen LogP) is 3.31. The molecule has 0 saturated heterocycles. The summed E-state index contributed by atoms with van der Waals surface area (Å²) >= 11 is 5.20. The Morgan fingerprint density at radius 2 is 2.18 bits per heavy atom. The van der Waals surface area contributed by atoms with Gasteiger partial charge in [0.15, 0.2) is 0 Å². The Morgan fingerprint density at radius 3 is 2.71 bits per heavy atom. The first kappa shape index (κ1) is 13.8. The molecule has 1 aromatic rings. The molecule has 0 aliphatic rings. The largest absolute Gasteiger partial charge is 0.496 e. The molecule has 0 unspecified atom stereocenters. The average Bonchev–Trinajstić information content (AvgIpc) is 2.28. The number of hydrogen-bond acceptors (Lipinski definition) is 2. The molecule has 0 bridgehead atoms. The molecule has 0 aliphatic heterocycles. The second kappa shape index (κ2) is 6.50. The SMILES string of the molecule is COc1cc(C(C)C)ccc1CCNC(=O)Cl. The number of carbonyl (C=O) groups excluding carboxylic acids is 1. The highest BCUT2D eigenvalue weighted by molar-refractivity contribution is 6.62. The Labute approximate surface area is 107 Å². The summed E-state index contributed by atoms with van der Waals surface area (Å²) < 4.78 is 5.35. The Kier molecular flexibility index (Phi) is 5.29. The van der Waals surface area contributed by atoms with Crippen LogP contribution in [0.4, 0.5) is 4.79 Å². The van der Waals surface area contributed by atoms with E-state index in [0.29, 0.717) is 18.9 Å². The van der Waals surface area contributed by atoms with E-state index in [2.05, 4.69) is 25.2 Å². The lowest BCUT2D eigenvalue weighted by atomic mass is 10.00. The summed E-state index contributed by atoms with van der Waals surface area (Å²) in [5, 5.41) is 2.03. The van der Waals surface area contributed by atoms with E-state index in [1.165, 1.54) is 5.56 Å². The van der Waals surface area contributed by atoms with Crippen LogP contribution in [-0.4, -0.2) is 19.0 Å². The predicted molar refractivity (Wildman–Crippen MR) is 70.0 cm³/mol. The maximum atomic E-state index is 10.6. The number of nitrogens with one attached hydrogen (secondary N) is 1. The molecule has 94 valence electrons. The van der Waals surface area contributed by atoms with Crippen LogP contribution in [-0.2, 0) is 6.42 Å². The topological polar surface area (TPSA) is 38.3 Å². The molecule has 1 rings (SSSR count). The minimum atomic E-state index is -0.525. The summed E-state index contributed by atoms with van der Waals surface area (Å²) in [7, 11) is 1.66. The molecule has 4 heteroatoms. The smallest absolute Gasteiger partial charge is 0.313 e. The van der Waals surface area contributed by atoms with E-state index in [0.717, 1.165) is 11.3 Å². The molecule has 0 saturated carbocycles. The molecule has 1 aromatic carbocycles. The van der Waals surface area contributed by atoms with Gasteiger partial charge in [0.25, 0.3) is 0 Å². The van der Waals surface area contributed by atoms with E-state index in [4.69, 9.17) is 16.3 Å². The number of hydrogen-bond donors (Lipinski definition) is 1. The van der Waals surface area contributed by atoms with Crippen molar-refractivity contribution in [1.29, 1.82) is 0 Å². The lowest BCUT2D eigenvalue weighted by Gasteiger charge is -2.12. The highest BCUT2D eigenvalue weighted by Crippen LogP contribution is 2.24. The molecule has 0 aromatic heterocycles. The second-order valence-corrected chi connectivity index (χ2v) is 4.52. The van der Waals surface area contributed by atoms with Gasteiger partial charge in [-0.1, -0.05) is 26.0 Å². The summed E-state index contributed by atoms with van der Waals surface area (Å²) in [6.45, 7) is 4.80. The highest BCUT2D eigenvalue weighted by Gasteiger charge is 2.07. The molecule has 0 fully saturated rings. The van der Waals surface area contributed by atoms with Crippen LogP contribution in [0.1, 0.15) is 30.9 Å². The van der Waals surface area contributed by atoms with Crippen LogP contribution in [0.2, 0.25) is 0 Å². The summed E-state index contributed by atoms with van der Waals surface area (Å²) in [4.78, 5) is 10.6. The zero-order chi connectivity index (χ0) is 12.8. The van der Waals surface area contributed by atoms with E-state index in [9.17, 15) is 4.79 Å². The van der Waals surface area contributed by atoms with Crippen molar-refractivity contribution in [1.82, 2.24) is 5.32 Å². The number of methoxy groups -OCH3 is 1. The van der Waals surface area contributed by atoms with Crippen LogP contribution in [0, 0.1) is 0 Å². The monoisotopic (exact) mass is 255 g/mol. The highest BCUT2D eigenvalue weighted by atomic mass is 35.5. The summed E-state index contributed by atoms with van der Waals surface area (Å²) in [6.07, 6.45) is 0.708. The molecule has 0 spiro atoms. The summed E-state index contributed by atoms with van der Waals surface area (Å²) in [5.41, 5.74) is 2.31. The summed E-state index contributed by atoms with van der Waals surface area (Å²) in [6, 6.07) is 6.17. The average molecular weight is 256 g/mol. The van der Waals surface area contributed by atoms with Crippen molar-refractivity contribution in [3.05, 3.63) is 29.3 Å². The van der Waals surface area contributed by atoms with Crippen LogP contribution in [0.5, 0.6) is 5.75 Å². The van der Waals surface area contributed by atoms with Crippen molar-refractivity contribution in [2.45, 2.75) is 26.2 Å². The van der Waals surface area contributed by atoms with Crippen molar-refractivity contribution in [2.75, 3.05) is 13.7 Å². The fraction of sp³-hybridized carbons (Fsp3) is 0.462. The zero-order valence-electron chi connectivity index (χ0n) is 10.4. The maximum Gasteiger partial charge on any atom is 0.313 e. The van der Waals surface area contributed by atoms with Crippen molar-refractivity contribution in [2.24, 2.45) is 0 Å². The van der Waals surface area contributed by atoms with Gasteiger partial charge >= 0.3 is 5.37 Å². The van der Waals surface area contributed by atoms with E-state index < -0.39 is 5.37 Å². The van der Waals surface area contributed by atoms with Gasteiger partial charge in [0.05, 0.1) is 7.11 Å². The zero-order valence-corrected chi connectivity index (χ0v) is 11.2. The minimum Gasteiger partial charge on any atom is -0.496 e.